The molecule has 38 heavy (non-hydrogen) atoms. The van der Waals surface area contributed by atoms with Gasteiger partial charge in [-0.1, -0.05) is 29.8 Å². The normalized spacial score (nSPS) is 14.0. The molecule has 0 aromatic heterocycles. The summed E-state index contributed by atoms with van der Waals surface area (Å²) in [5.41, 5.74) is 2.51. The third-order valence-electron chi connectivity index (χ3n) is 5.73. The van der Waals surface area contributed by atoms with E-state index >= 15 is 0 Å². The molecular weight excluding hydrogens is 527 g/mol. The molecule has 0 unspecified atom stereocenters. The van der Waals surface area contributed by atoms with Crippen molar-refractivity contribution in [2.24, 2.45) is 0 Å². The number of rotatable bonds is 8. The Bertz CT molecular complexity index is 1220. The lowest BCUT2D eigenvalue weighted by atomic mass is 10.2. The molecule has 0 aliphatic carbocycles. The van der Waals surface area contributed by atoms with Crippen LogP contribution in [0.25, 0.3) is 0 Å². The highest BCUT2D eigenvalue weighted by Gasteiger charge is 2.38. The van der Waals surface area contributed by atoms with Crippen LogP contribution in [-0.4, -0.2) is 80.6 Å². The fourth-order valence-corrected chi connectivity index (χ4v) is 5.41. The number of amides is 1. The number of methoxy groups -OCH3 is 1. The molecule has 2 aromatic carbocycles. The number of aryl methyl sites for hydroxylation is 2. The van der Waals surface area contributed by atoms with E-state index in [0.29, 0.717) is 24.4 Å². The number of halogens is 3. The minimum Gasteiger partial charge on any atom is -0.497 e. The summed E-state index contributed by atoms with van der Waals surface area (Å²) in [6.07, 6.45) is -4.94. The standard InChI is InChI=1S/C23H31N3O4S.C2HF3O2/c1-18-7-8-22(19(2)15-18)31(28,29)26(17-20-5-4-6-21(16-20)30-3)12-9-23(27)25-13-10-24-11-14-25;3-2(4,5)1(6)7/h4-8,15-16,24H,9-14,17H2,1-3H3;(H,6,7). The Morgan fingerprint density at radius 3 is 2.29 bits per heavy atom. The van der Waals surface area contributed by atoms with Crippen LogP contribution in [0.1, 0.15) is 23.1 Å². The Balaban J connectivity index is 0.000000638. The van der Waals surface area contributed by atoms with Crippen molar-refractivity contribution in [3.8, 4) is 5.75 Å². The molecule has 1 amide bonds. The molecule has 2 N–H and O–H groups in total. The van der Waals surface area contributed by atoms with Gasteiger partial charge in [0.1, 0.15) is 5.75 Å². The van der Waals surface area contributed by atoms with Crippen LogP contribution in [0.15, 0.2) is 47.4 Å². The molecule has 0 saturated carbocycles. The van der Waals surface area contributed by atoms with Crippen molar-refractivity contribution < 1.29 is 41.0 Å². The highest BCUT2D eigenvalue weighted by molar-refractivity contribution is 7.89. The van der Waals surface area contributed by atoms with Crippen LogP contribution in [0, 0.1) is 13.8 Å². The number of alkyl halides is 3. The first-order valence-electron chi connectivity index (χ1n) is 11.7. The van der Waals surface area contributed by atoms with Crippen molar-refractivity contribution in [2.75, 3.05) is 39.8 Å². The van der Waals surface area contributed by atoms with Gasteiger partial charge in [0.05, 0.1) is 12.0 Å². The van der Waals surface area contributed by atoms with E-state index in [2.05, 4.69) is 5.32 Å². The minimum atomic E-state index is -5.08. The highest BCUT2D eigenvalue weighted by Crippen LogP contribution is 2.24. The number of carbonyl (C=O) groups is 2. The van der Waals surface area contributed by atoms with Gasteiger partial charge in [-0.3, -0.25) is 4.79 Å². The summed E-state index contributed by atoms with van der Waals surface area (Å²) >= 11 is 0. The summed E-state index contributed by atoms with van der Waals surface area (Å²) < 4.78 is 65.6. The molecule has 1 aliphatic heterocycles. The second-order valence-corrected chi connectivity index (χ2v) is 10.5. The minimum absolute atomic E-state index is 0.0204. The second-order valence-electron chi connectivity index (χ2n) is 8.64. The van der Waals surface area contributed by atoms with Crippen molar-refractivity contribution in [1.82, 2.24) is 14.5 Å². The number of nitrogens with zero attached hydrogens (tertiary/aromatic N) is 2. The molecule has 3 rings (SSSR count). The molecule has 0 spiro atoms. The summed E-state index contributed by atoms with van der Waals surface area (Å²) in [4.78, 5) is 23.7. The van der Waals surface area contributed by atoms with Gasteiger partial charge in [-0.2, -0.15) is 17.5 Å². The van der Waals surface area contributed by atoms with E-state index in [9.17, 15) is 26.4 Å². The molecule has 0 atom stereocenters. The smallest absolute Gasteiger partial charge is 0.490 e. The van der Waals surface area contributed by atoms with Gasteiger partial charge in [0, 0.05) is 45.7 Å². The van der Waals surface area contributed by atoms with Gasteiger partial charge in [-0.25, -0.2) is 13.2 Å². The van der Waals surface area contributed by atoms with Gasteiger partial charge in [0.2, 0.25) is 15.9 Å². The van der Waals surface area contributed by atoms with E-state index in [1.165, 1.54) is 4.31 Å². The van der Waals surface area contributed by atoms with Crippen LogP contribution in [-0.2, 0) is 26.2 Å². The average Bonchev–Trinajstić information content (AvgIpc) is 2.86. The lowest BCUT2D eigenvalue weighted by molar-refractivity contribution is -0.192. The lowest BCUT2D eigenvalue weighted by Crippen LogP contribution is -2.47. The second kappa shape index (κ2) is 13.6. The van der Waals surface area contributed by atoms with Gasteiger partial charge in [-0.15, -0.1) is 0 Å². The first-order valence-corrected chi connectivity index (χ1v) is 13.2. The quantitative estimate of drug-likeness (QED) is 0.511. The zero-order valence-corrected chi connectivity index (χ0v) is 22.2. The molecule has 1 fully saturated rings. The number of sulfonamides is 1. The van der Waals surface area contributed by atoms with Gasteiger partial charge >= 0.3 is 12.1 Å². The van der Waals surface area contributed by atoms with E-state index in [-0.39, 0.29) is 30.3 Å². The first-order chi connectivity index (χ1) is 17.8. The van der Waals surface area contributed by atoms with Gasteiger partial charge in [-0.05, 0) is 43.2 Å². The molecular formula is C25H32F3N3O6S. The summed E-state index contributed by atoms with van der Waals surface area (Å²) in [6.45, 7) is 6.85. The molecule has 210 valence electrons. The number of ether oxygens (including phenoxy) is 1. The molecule has 1 aliphatic rings. The topological polar surface area (TPSA) is 116 Å². The predicted octanol–water partition coefficient (Wildman–Crippen LogP) is 2.96. The van der Waals surface area contributed by atoms with Crippen LogP contribution < -0.4 is 10.1 Å². The van der Waals surface area contributed by atoms with Crippen LogP contribution in [0.2, 0.25) is 0 Å². The molecule has 9 nitrogen and oxygen atoms in total. The first kappa shape index (κ1) is 31.1. The summed E-state index contributed by atoms with van der Waals surface area (Å²) in [5, 5.41) is 10.3. The molecule has 1 heterocycles. The van der Waals surface area contributed by atoms with E-state index in [4.69, 9.17) is 14.6 Å². The van der Waals surface area contributed by atoms with Crippen LogP contribution in [0.3, 0.4) is 0 Å². The number of nitrogens with one attached hydrogen (secondary N) is 1. The molecule has 0 radical (unpaired) electrons. The Hall–Kier alpha value is -3.16. The monoisotopic (exact) mass is 559 g/mol. The Morgan fingerprint density at radius 2 is 1.74 bits per heavy atom. The predicted molar refractivity (Wildman–Crippen MR) is 134 cm³/mol. The van der Waals surface area contributed by atoms with Crippen LogP contribution >= 0.6 is 0 Å². The molecule has 0 bridgehead atoms. The van der Waals surface area contributed by atoms with E-state index in [1.807, 2.05) is 37.3 Å². The third-order valence-corrected chi connectivity index (χ3v) is 7.73. The van der Waals surface area contributed by atoms with Gasteiger partial charge < -0.3 is 20.1 Å². The number of hydrogen-bond donors (Lipinski definition) is 2. The van der Waals surface area contributed by atoms with Crippen molar-refractivity contribution in [3.05, 3.63) is 59.2 Å². The van der Waals surface area contributed by atoms with Crippen molar-refractivity contribution in [3.63, 3.8) is 0 Å². The average molecular weight is 560 g/mol. The van der Waals surface area contributed by atoms with Gasteiger partial charge in [0.15, 0.2) is 0 Å². The van der Waals surface area contributed by atoms with Crippen LogP contribution in [0.4, 0.5) is 13.2 Å². The fraction of sp³-hybridized carbons (Fsp3) is 0.440. The number of carbonyl (C=O) groups excluding carboxylic acids is 1. The maximum absolute atomic E-state index is 13.6. The number of carboxylic acid groups (broad SMARTS) is 1. The Kier molecular flexibility index (Phi) is 11.1. The summed E-state index contributed by atoms with van der Waals surface area (Å²) in [7, 11) is -2.20. The Morgan fingerprint density at radius 1 is 1.11 bits per heavy atom. The summed E-state index contributed by atoms with van der Waals surface area (Å²) in [6, 6.07) is 12.7. The number of hydrogen-bond acceptors (Lipinski definition) is 6. The Labute approximate surface area is 220 Å². The zero-order chi connectivity index (χ0) is 28.5. The maximum Gasteiger partial charge on any atom is 0.490 e. The number of aliphatic carboxylic acids is 1. The SMILES string of the molecule is COc1cccc(CN(CCC(=O)N2CCNCC2)S(=O)(=O)c2ccc(C)cc2C)c1.O=C(O)C(F)(F)F. The van der Waals surface area contributed by atoms with Crippen LogP contribution in [0.5, 0.6) is 5.75 Å². The van der Waals surface area contributed by atoms with Gasteiger partial charge in [0.25, 0.3) is 0 Å². The number of piperazine rings is 1. The van der Waals surface area contributed by atoms with E-state index in [0.717, 1.165) is 24.2 Å². The lowest BCUT2D eigenvalue weighted by Gasteiger charge is -2.29. The van der Waals surface area contributed by atoms with Crippen molar-refractivity contribution >= 4 is 21.9 Å². The largest absolute Gasteiger partial charge is 0.497 e. The maximum atomic E-state index is 13.6. The fourth-order valence-electron chi connectivity index (χ4n) is 3.78. The summed E-state index contributed by atoms with van der Waals surface area (Å²) in [5.74, 6) is -2.11. The molecule has 2 aromatic rings. The molecule has 1 saturated heterocycles. The van der Waals surface area contributed by atoms with E-state index in [1.54, 1.807) is 31.1 Å². The number of carboxylic acids is 1. The third kappa shape index (κ3) is 8.99. The number of benzene rings is 2. The van der Waals surface area contributed by atoms with E-state index < -0.39 is 22.2 Å². The highest BCUT2D eigenvalue weighted by atomic mass is 32.2. The molecule has 13 heteroatoms. The zero-order valence-electron chi connectivity index (χ0n) is 21.4. The van der Waals surface area contributed by atoms with Crippen molar-refractivity contribution in [1.29, 1.82) is 0 Å². The van der Waals surface area contributed by atoms with Crippen molar-refractivity contribution in [2.45, 2.75) is 37.9 Å².